The Balaban J connectivity index is 1.78. The number of carbonyl (C=O) groups is 1. The van der Waals surface area contributed by atoms with Crippen LogP contribution in [-0.2, 0) is 6.54 Å². The lowest BCUT2D eigenvalue weighted by Gasteiger charge is -2.32. The van der Waals surface area contributed by atoms with Crippen LogP contribution < -0.4 is 5.32 Å². The molecule has 20 heavy (non-hydrogen) atoms. The first-order valence-corrected chi connectivity index (χ1v) is 7.64. The van der Waals surface area contributed by atoms with Crippen LogP contribution in [0.2, 0.25) is 0 Å². The lowest BCUT2D eigenvalue weighted by Crippen LogP contribution is -2.44. The van der Waals surface area contributed by atoms with Crippen molar-refractivity contribution in [2.75, 3.05) is 19.6 Å². The summed E-state index contributed by atoms with van der Waals surface area (Å²) in [6.45, 7) is 10.4. The Morgan fingerprint density at radius 1 is 1.50 bits per heavy atom. The molecule has 1 fully saturated rings. The largest absolute Gasteiger partial charge is 0.348 e. The minimum Gasteiger partial charge on any atom is -0.348 e. The van der Waals surface area contributed by atoms with Gasteiger partial charge in [-0.2, -0.15) is 5.10 Å². The number of likely N-dealkylation sites (tertiary alicyclic amines) is 1. The van der Waals surface area contributed by atoms with E-state index in [1.165, 1.54) is 12.8 Å². The van der Waals surface area contributed by atoms with Crippen molar-refractivity contribution in [1.82, 2.24) is 20.0 Å². The van der Waals surface area contributed by atoms with Crippen molar-refractivity contribution in [1.29, 1.82) is 0 Å². The van der Waals surface area contributed by atoms with Gasteiger partial charge in [-0.3, -0.25) is 9.48 Å². The molecule has 1 aliphatic heterocycles. The predicted octanol–water partition coefficient (Wildman–Crippen LogP) is 1.75. The number of rotatable bonds is 5. The Bertz CT molecular complexity index is 435. The summed E-state index contributed by atoms with van der Waals surface area (Å²) < 4.78 is 1.77. The van der Waals surface area contributed by atoms with Crippen LogP contribution in [0.25, 0.3) is 0 Å². The van der Waals surface area contributed by atoms with Gasteiger partial charge in [-0.25, -0.2) is 0 Å². The molecule has 0 aromatic carbocycles. The number of aryl methyl sites for hydroxylation is 1. The van der Waals surface area contributed by atoms with Crippen molar-refractivity contribution in [2.45, 2.75) is 46.2 Å². The van der Waals surface area contributed by atoms with Gasteiger partial charge in [-0.05, 0) is 45.7 Å². The molecule has 1 aliphatic rings. The van der Waals surface area contributed by atoms with Gasteiger partial charge in [0.25, 0.3) is 5.91 Å². The highest BCUT2D eigenvalue weighted by molar-refractivity contribution is 5.93. The van der Waals surface area contributed by atoms with Crippen LogP contribution in [0, 0.1) is 5.92 Å². The van der Waals surface area contributed by atoms with Crippen molar-refractivity contribution in [3.05, 3.63) is 18.0 Å². The summed E-state index contributed by atoms with van der Waals surface area (Å²) in [4.78, 5) is 14.5. The molecular formula is C15H26N4O. The highest BCUT2D eigenvalue weighted by Crippen LogP contribution is 2.15. The summed E-state index contributed by atoms with van der Waals surface area (Å²) >= 11 is 0. The molecule has 5 heteroatoms. The van der Waals surface area contributed by atoms with E-state index in [2.05, 4.69) is 29.2 Å². The van der Waals surface area contributed by atoms with E-state index in [1.807, 2.05) is 6.92 Å². The van der Waals surface area contributed by atoms with Crippen LogP contribution in [0.3, 0.4) is 0 Å². The van der Waals surface area contributed by atoms with E-state index in [4.69, 9.17) is 0 Å². The van der Waals surface area contributed by atoms with Crippen molar-refractivity contribution < 1.29 is 4.79 Å². The van der Waals surface area contributed by atoms with Crippen molar-refractivity contribution in [3.8, 4) is 0 Å². The highest BCUT2D eigenvalue weighted by atomic mass is 16.1. The minimum absolute atomic E-state index is 0.0254. The maximum Gasteiger partial charge on any atom is 0.254 e. The molecule has 0 unspecified atom stereocenters. The lowest BCUT2D eigenvalue weighted by molar-refractivity contribution is 0.0921. The molecular weight excluding hydrogens is 252 g/mol. The second kappa shape index (κ2) is 6.88. The molecule has 0 saturated carbocycles. The zero-order chi connectivity index (χ0) is 14.5. The molecule has 1 atom stereocenters. The Morgan fingerprint density at radius 3 is 2.80 bits per heavy atom. The minimum atomic E-state index is -0.0254. The van der Waals surface area contributed by atoms with Crippen LogP contribution in [0.5, 0.6) is 0 Å². The Morgan fingerprint density at radius 2 is 2.20 bits per heavy atom. The van der Waals surface area contributed by atoms with E-state index in [-0.39, 0.29) is 11.9 Å². The smallest absolute Gasteiger partial charge is 0.254 e. The Kier molecular flexibility index (Phi) is 5.17. The summed E-state index contributed by atoms with van der Waals surface area (Å²) in [5, 5.41) is 7.19. The quantitative estimate of drug-likeness (QED) is 0.893. The third-order valence-corrected chi connectivity index (χ3v) is 4.01. The van der Waals surface area contributed by atoms with E-state index < -0.39 is 0 Å². The Hall–Kier alpha value is -1.36. The third-order valence-electron chi connectivity index (χ3n) is 4.01. The summed E-state index contributed by atoms with van der Waals surface area (Å²) in [7, 11) is 0. The molecule has 0 spiro atoms. The first kappa shape index (κ1) is 15.0. The van der Waals surface area contributed by atoms with E-state index in [0.29, 0.717) is 5.56 Å². The summed E-state index contributed by atoms with van der Waals surface area (Å²) in [5.41, 5.74) is 0.644. The topological polar surface area (TPSA) is 50.2 Å². The SMILES string of the molecule is CCn1cc(C(=O)N[C@H](C)CN2CCC(C)CC2)cn1. The first-order valence-electron chi connectivity index (χ1n) is 7.64. The van der Waals surface area contributed by atoms with Gasteiger partial charge in [0, 0.05) is 25.3 Å². The van der Waals surface area contributed by atoms with Gasteiger partial charge >= 0.3 is 0 Å². The highest BCUT2D eigenvalue weighted by Gasteiger charge is 2.19. The number of aromatic nitrogens is 2. The monoisotopic (exact) mass is 278 g/mol. The van der Waals surface area contributed by atoms with Gasteiger partial charge in [0.2, 0.25) is 0 Å². The molecule has 0 radical (unpaired) electrons. The number of hydrogen-bond acceptors (Lipinski definition) is 3. The van der Waals surface area contributed by atoms with Gasteiger partial charge < -0.3 is 10.2 Å². The van der Waals surface area contributed by atoms with Crippen LogP contribution >= 0.6 is 0 Å². The average molecular weight is 278 g/mol. The van der Waals surface area contributed by atoms with E-state index in [1.54, 1.807) is 17.1 Å². The average Bonchev–Trinajstić information content (AvgIpc) is 2.90. The third kappa shape index (κ3) is 4.07. The van der Waals surface area contributed by atoms with Gasteiger partial charge in [-0.1, -0.05) is 6.92 Å². The summed E-state index contributed by atoms with van der Waals surface area (Å²) in [6, 6.07) is 0.167. The fourth-order valence-electron chi connectivity index (χ4n) is 2.64. The van der Waals surface area contributed by atoms with E-state index >= 15 is 0 Å². The fourth-order valence-corrected chi connectivity index (χ4v) is 2.64. The predicted molar refractivity (Wildman–Crippen MR) is 79.7 cm³/mol. The van der Waals surface area contributed by atoms with Crippen LogP contribution in [0.4, 0.5) is 0 Å². The number of hydrogen-bond donors (Lipinski definition) is 1. The molecule has 2 rings (SSSR count). The van der Waals surface area contributed by atoms with Crippen LogP contribution in [0.15, 0.2) is 12.4 Å². The first-order chi connectivity index (χ1) is 9.58. The maximum atomic E-state index is 12.1. The molecule has 1 aromatic rings. The molecule has 112 valence electrons. The fraction of sp³-hybridized carbons (Fsp3) is 0.733. The molecule has 0 aliphatic carbocycles. The summed E-state index contributed by atoms with van der Waals surface area (Å²) in [5.74, 6) is 0.818. The van der Waals surface area contributed by atoms with Crippen molar-refractivity contribution in [2.24, 2.45) is 5.92 Å². The number of nitrogens with zero attached hydrogens (tertiary/aromatic N) is 3. The zero-order valence-corrected chi connectivity index (χ0v) is 12.8. The molecule has 5 nitrogen and oxygen atoms in total. The molecule has 1 saturated heterocycles. The van der Waals surface area contributed by atoms with Crippen LogP contribution in [0.1, 0.15) is 44.0 Å². The number of carbonyl (C=O) groups excluding carboxylic acids is 1. The maximum absolute atomic E-state index is 12.1. The lowest BCUT2D eigenvalue weighted by atomic mass is 9.99. The van der Waals surface area contributed by atoms with E-state index in [0.717, 1.165) is 32.1 Å². The van der Waals surface area contributed by atoms with Gasteiger partial charge in [-0.15, -0.1) is 0 Å². The van der Waals surface area contributed by atoms with Crippen molar-refractivity contribution >= 4 is 5.91 Å². The second-order valence-corrected chi connectivity index (χ2v) is 5.94. The molecule has 1 N–H and O–H groups in total. The van der Waals surface area contributed by atoms with Gasteiger partial charge in [0.1, 0.15) is 0 Å². The number of piperidine rings is 1. The van der Waals surface area contributed by atoms with Crippen molar-refractivity contribution in [3.63, 3.8) is 0 Å². The standard InChI is InChI=1S/C15H26N4O/c1-4-19-11-14(9-16-19)15(20)17-13(3)10-18-7-5-12(2)6-8-18/h9,11-13H,4-8,10H2,1-3H3,(H,17,20)/t13-/m1/s1. The van der Waals surface area contributed by atoms with E-state index in [9.17, 15) is 4.79 Å². The van der Waals surface area contributed by atoms with Gasteiger partial charge in [0.05, 0.1) is 11.8 Å². The molecule has 2 heterocycles. The number of amides is 1. The molecule has 0 bridgehead atoms. The van der Waals surface area contributed by atoms with Gasteiger partial charge in [0.15, 0.2) is 0 Å². The van der Waals surface area contributed by atoms with Crippen LogP contribution in [-0.4, -0.2) is 46.3 Å². The summed E-state index contributed by atoms with van der Waals surface area (Å²) in [6.07, 6.45) is 5.96. The molecule has 1 amide bonds. The normalized spacial score (nSPS) is 18.9. The second-order valence-electron chi connectivity index (χ2n) is 5.94. The molecule has 1 aromatic heterocycles. The Labute approximate surface area is 121 Å². The zero-order valence-electron chi connectivity index (χ0n) is 12.8. The number of nitrogens with one attached hydrogen (secondary N) is 1.